The molecular weight excluding hydrogens is 1970 g/mol. The summed E-state index contributed by atoms with van der Waals surface area (Å²) in [7, 11) is 0. The van der Waals surface area contributed by atoms with Crippen LogP contribution in [0.15, 0.2) is 0 Å². The van der Waals surface area contributed by atoms with Crippen molar-refractivity contribution in [2.24, 2.45) is 0 Å². The van der Waals surface area contributed by atoms with Gasteiger partial charge in [0, 0.05) is 34.6 Å². The molecule has 0 bridgehead atoms. The topological polar surface area (TPSA) is 985 Å². The monoisotopic (exact) mass is 2110 g/mol. The van der Waals surface area contributed by atoms with Gasteiger partial charge in [-0.05, 0) is 0 Å². The maximum atomic E-state index is 13.1. The fourth-order valence-corrected chi connectivity index (χ4v) is 18.2. The molecule has 0 saturated carbocycles. The third kappa shape index (κ3) is 27.3. The summed E-state index contributed by atoms with van der Waals surface area (Å²) in [6.07, 6.45) is -102. The van der Waals surface area contributed by atoms with Crippen molar-refractivity contribution < 1.29 is 286 Å². The Morgan fingerprint density at radius 1 is 0.229 bits per heavy atom. The van der Waals surface area contributed by atoms with Gasteiger partial charge in [-0.15, -0.1) is 0 Å². The molecular formula is C80H134N6O58. The van der Waals surface area contributed by atoms with Crippen molar-refractivity contribution in [3.63, 3.8) is 0 Å². The molecule has 0 radical (unpaired) electrons. The first-order valence-corrected chi connectivity index (χ1v) is 45.9. The lowest BCUT2D eigenvalue weighted by Crippen LogP contribution is -2.70. The molecule has 0 aromatic rings. The largest absolute Gasteiger partial charge is 0.394 e. The number of nitrogens with one attached hydrogen (secondary N) is 6. The molecule has 11 heterocycles. The number of rotatable bonds is 42. The zero-order valence-electron chi connectivity index (χ0n) is 77.4. The molecule has 11 saturated heterocycles. The summed E-state index contributed by atoms with van der Waals surface area (Å²) < 4.78 is 129. The highest BCUT2D eigenvalue weighted by Crippen LogP contribution is 2.41. The first kappa shape index (κ1) is 119. The highest BCUT2D eigenvalue weighted by atomic mass is 16.8. The van der Waals surface area contributed by atoms with Crippen molar-refractivity contribution in [3.8, 4) is 0 Å². The molecule has 64 nitrogen and oxygen atoms in total. The molecule has 6 amide bonds. The van der Waals surface area contributed by atoms with Crippen LogP contribution in [0.4, 0.5) is 0 Å². The highest BCUT2D eigenvalue weighted by Gasteiger charge is 2.62. The molecule has 144 heavy (non-hydrogen) atoms. The quantitative estimate of drug-likeness (QED) is 0.0252. The van der Waals surface area contributed by atoms with Gasteiger partial charge in [0.15, 0.2) is 69.2 Å². The molecule has 0 aromatic heterocycles. The van der Waals surface area contributed by atoms with Crippen LogP contribution in [0, 0.1) is 0 Å². The second-order valence-electron chi connectivity index (χ2n) is 36.1. The number of aliphatic hydroxyl groups excluding tert-OH is 30. The zero-order valence-corrected chi connectivity index (χ0v) is 77.4. The summed E-state index contributed by atoms with van der Waals surface area (Å²) in [5.41, 5.74) is 0. The maximum Gasteiger partial charge on any atom is 0.217 e. The molecule has 11 fully saturated rings. The Bertz CT molecular complexity index is 3980. The van der Waals surface area contributed by atoms with Gasteiger partial charge in [0.1, 0.15) is 268 Å². The number of aliphatic hydroxyl groups is 30. The van der Waals surface area contributed by atoms with Crippen LogP contribution in [0.2, 0.25) is 0 Å². The van der Waals surface area contributed by atoms with Crippen LogP contribution in [-0.2, 0) is 133 Å². The summed E-state index contributed by atoms with van der Waals surface area (Å²) in [6.45, 7) is -8.04. The van der Waals surface area contributed by atoms with E-state index in [0.29, 0.717) is 0 Å². The third-order valence-electron chi connectivity index (χ3n) is 25.9. The van der Waals surface area contributed by atoms with Crippen LogP contribution in [0.5, 0.6) is 0 Å². The Morgan fingerprint density at radius 3 is 0.743 bits per heavy atom. The Morgan fingerprint density at radius 2 is 0.444 bits per heavy atom. The van der Waals surface area contributed by atoms with E-state index in [1.807, 2.05) is 0 Å². The number of carbonyl (C=O) groups excluding carboxylic acids is 6. The molecule has 0 aliphatic carbocycles. The summed E-state index contributed by atoms with van der Waals surface area (Å²) in [5, 5.41) is 348. The maximum absolute atomic E-state index is 13.1. The standard InChI is InChI=1S/C80H134N6O58/c1-20(97)82-37-48(108)42(102)26(7-88)127-73(37)144-69-47(107)36(18-126-72-39(84-22(3)99)49(109)63(29(10-91)131-72)138-76-57(117)53(113)43(103)27(8-89)128-76)137-80(62(69)122)141-65-31(12-93)132-71(40(51(65)111)85-23(4)100)125-16-34-44(104)54(114)58(118)77(135-34)139-64-30(11-92)130-70(38(50(64)110)83-21(2)98)124-17-35-45(105)55(115)59(119)78(136-35)140-66-32(13-94)133-74(41(52(66)112)86-24(5)101)143-68-46(106)28(9-90)129-79(61(68)121)142-67-33(14-95)134-75(60(120)56(67)116)123-15-25(6-87)81-19-96/h19,25-80,87-95,102-122H,6-18H2,1-5H3,(H,81,96)(H,82,97)(H,83,98)(H,84,99)(H,85,100)(H,86,101)/t25-,26-,27-,28-,29-,30-,31-,32-,33-,34-,35-,36-,37-,38-,39-,40-,41-,42-,43+,44+,45+,46+,47+,48-,49-,50-,51-,52-,53+,54+,55+,56-,57-,58-,59-,60-,61-,62-,63-,64-,65-,66-,67-,68+,69+,70-,71-,72-,73+,74+,75-,76+,77+,78+,79+,80+/m1/s1. The lowest BCUT2D eigenvalue weighted by molar-refractivity contribution is -0.382. The van der Waals surface area contributed by atoms with Gasteiger partial charge in [0.25, 0.3) is 0 Å². The van der Waals surface area contributed by atoms with Crippen molar-refractivity contribution >= 4 is 35.9 Å². The van der Waals surface area contributed by atoms with Gasteiger partial charge in [-0.3, -0.25) is 28.8 Å². The van der Waals surface area contributed by atoms with Gasteiger partial charge in [-0.2, -0.15) is 0 Å². The molecule has 64 heteroatoms. The minimum Gasteiger partial charge on any atom is -0.394 e. The van der Waals surface area contributed by atoms with Crippen molar-refractivity contribution in [2.45, 2.75) is 378 Å². The van der Waals surface area contributed by atoms with E-state index in [2.05, 4.69) is 31.9 Å². The van der Waals surface area contributed by atoms with Crippen LogP contribution in [-0.4, -0.2) is 619 Å². The normalized spacial score (nSPS) is 47.3. The van der Waals surface area contributed by atoms with Crippen LogP contribution in [0.3, 0.4) is 0 Å². The zero-order chi connectivity index (χ0) is 106. The lowest BCUT2D eigenvalue weighted by Gasteiger charge is -2.50. The fourth-order valence-electron chi connectivity index (χ4n) is 18.2. The third-order valence-corrected chi connectivity index (χ3v) is 25.9. The van der Waals surface area contributed by atoms with Crippen LogP contribution in [0.1, 0.15) is 34.6 Å². The first-order chi connectivity index (χ1) is 68.3. The Hall–Kier alpha value is -5.26. The molecule has 0 aromatic carbocycles. The number of carbonyl (C=O) groups is 6. The fraction of sp³-hybridized carbons (Fsp3) is 0.925. The Balaban J connectivity index is 0.751. The summed E-state index contributed by atoms with van der Waals surface area (Å²) >= 11 is 0. The van der Waals surface area contributed by atoms with Crippen molar-refractivity contribution in [2.75, 3.05) is 85.9 Å². The van der Waals surface area contributed by atoms with Gasteiger partial charge in [-0.1, -0.05) is 0 Å². The highest BCUT2D eigenvalue weighted by molar-refractivity contribution is 5.75. The predicted molar refractivity (Wildman–Crippen MR) is 444 cm³/mol. The molecule has 0 unspecified atom stereocenters. The van der Waals surface area contributed by atoms with E-state index < -0.39 is 459 Å². The molecule has 11 rings (SSSR count). The van der Waals surface area contributed by atoms with E-state index in [4.69, 9.17) is 104 Å². The average molecular weight is 2110 g/mol. The first-order valence-electron chi connectivity index (χ1n) is 45.9. The Labute approximate surface area is 815 Å². The molecule has 832 valence electrons. The lowest BCUT2D eigenvalue weighted by atomic mass is 9.94. The molecule has 11 aliphatic rings. The Kier molecular flexibility index (Phi) is 44.1. The van der Waals surface area contributed by atoms with E-state index in [1.165, 1.54) is 0 Å². The minimum absolute atomic E-state index is 0.249. The van der Waals surface area contributed by atoms with Crippen molar-refractivity contribution in [3.05, 3.63) is 0 Å². The van der Waals surface area contributed by atoms with Gasteiger partial charge >= 0.3 is 0 Å². The van der Waals surface area contributed by atoms with E-state index in [1.54, 1.807) is 0 Å². The molecule has 36 N–H and O–H groups in total. The summed E-state index contributed by atoms with van der Waals surface area (Å²) in [4.78, 5) is 75.3. The van der Waals surface area contributed by atoms with Gasteiger partial charge in [0.2, 0.25) is 35.9 Å². The van der Waals surface area contributed by atoms with Crippen LogP contribution >= 0.6 is 0 Å². The van der Waals surface area contributed by atoms with E-state index in [-0.39, 0.29) is 6.41 Å². The smallest absolute Gasteiger partial charge is 0.217 e. The van der Waals surface area contributed by atoms with Crippen LogP contribution < -0.4 is 31.9 Å². The summed E-state index contributed by atoms with van der Waals surface area (Å²) in [5.74, 6) is -4.59. The second kappa shape index (κ2) is 53.3. The van der Waals surface area contributed by atoms with E-state index in [0.717, 1.165) is 34.6 Å². The predicted octanol–water partition coefficient (Wildman–Crippen LogP) is -25.1. The van der Waals surface area contributed by atoms with Crippen LogP contribution in [0.25, 0.3) is 0 Å². The SMILES string of the molecule is CC(=O)N[C@H]1[C@H](OC[C@H]2O[C@@H](O[C@H]3[C@H](O)[C@@H](NC(C)=O)[C@H](OC[C@H]4O[C@@H](O[C@H]5[C@H](O)[C@@H](NC(C)=O)[C@H](OC[C@H]6O[C@@H](O[C@H]7[C@H](O)[C@@H](NC(C)=O)[C@H](O[C@H]8[C@@H](O)[C@@H](CO)O[C@@H](O[C@H]9[C@H](O)[C@@H](O)[C@H](OC[C@@H](CO)NC=O)O[C@@H]9CO)[C@@H]8O)O[C@@H]7CO)[C@H](O)[C@@H](O)[C@H]6O)O[C@@H]5CO)[C@H](O)[C@@H](O)[C@H]4O)O[C@@H]3CO)[C@H](O)[C@@H](O[C@@H]3O[C@H](CO)[C@@H](O)[C@H](O)[C@H]3NC(C)=O)[C@H]2O)O[C@H](CO)[C@@H](O[C@@H]2O[C@H](CO)[C@H](O)[C@H](O)[C@H]2O)[C@@H]1O. The van der Waals surface area contributed by atoms with Crippen molar-refractivity contribution in [1.82, 2.24) is 31.9 Å². The molecule has 0 spiro atoms. The van der Waals surface area contributed by atoms with Gasteiger partial charge in [0.05, 0.1) is 91.9 Å². The number of amides is 6. The molecule has 56 atom stereocenters. The second-order valence-corrected chi connectivity index (χ2v) is 36.1. The number of hydrogen-bond acceptors (Lipinski definition) is 58. The van der Waals surface area contributed by atoms with Gasteiger partial charge in [-0.25, -0.2) is 0 Å². The number of ether oxygens (including phenoxy) is 22. The van der Waals surface area contributed by atoms with Gasteiger partial charge < -0.3 is 289 Å². The average Bonchev–Trinajstić information content (AvgIpc) is 0.768. The minimum atomic E-state index is -2.41. The van der Waals surface area contributed by atoms with E-state index in [9.17, 15) is 182 Å². The van der Waals surface area contributed by atoms with E-state index >= 15 is 0 Å². The molecule has 11 aliphatic heterocycles. The number of hydrogen-bond donors (Lipinski definition) is 36. The van der Waals surface area contributed by atoms with Crippen molar-refractivity contribution in [1.29, 1.82) is 0 Å². The summed E-state index contributed by atoms with van der Waals surface area (Å²) in [6, 6.07) is -10.3.